The van der Waals surface area contributed by atoms with Crippen LogP contribution in [0.3, 0.4) is 0 Å². The van der Waals surface area contributed by atoms with E-state index in [2.05, 4.69) is 40.7 Å². The second kappa shape index (κ2) is 9.09. The van der Waals surface area contributed by atoms with Gasteiger partial charge in [-0.2, -0.15) is 5.10 Å². The first-order valence-corrected chi connectivity index (χ1v) is 8.99. The maximum Gasteiger partial charge on any atom is 0.124 e. The lowest BCUT2D eigenvalue weighted by Gasteiger charge is -2.19. The van der Waals surface area contributed by atoms with Crippen LogP contribution < -0.4 is 4.74 Å². The summed E-state index contributed by atoms with van der Waals surface area (Å²) in [7, 11) is 4.08. The van der Waals surface area contributed by atoms with E-state index in [1.165, 1.54) is 5.69 Å². The van der Waals surface area contributed by atoms with Crippen LogP contribution in [0.4, 0.5) is 0 Å². The van der Waals surface area contributed by atoms with Crippen molar-refractivity contribution in [1.82, 2.24) is 14.7 Å². The Morgan fingerprint density at radius 1 is 1.29 bits per heavy atom. The monoisotopic (exact) mass is 349 g/mol. The lowest BCUT2D eigenvalue weighted by Crippen LogP contribution is -2.20. The van der Waals surface area contributed by atoms with Crippen molar-refractivity contribution in [2.45, 2.75) is 39.2 Å². The first-order valence-electron chi connectivity index (χ1n) is 8.61. The number of likely N-dealkylation sites (N-methyl/N-ethyl adjacent to an activating group) is 1. The molecule has 0 aliphatic carbocycles. The molecule has 1 unspecified atom stereocenters. The zero-order chi connectivity index (χ0) is 17.5. The minimum absolute atomic E-state index is 0.205. The van der Waals surface area contributed by atoms with Gasteiger partial charge >= 0.3 is 0 Å². The Hall–Kier alpha value is -1.52. The molecular weight excluding hydrogens is 322 g/mol. The Bertz CT molecular complexity index is 639. The van der Waals surface area contributed by atoms with E-state index in [0.717, 1.165) is 37.2 Å². The largest absolute Gasteiger partial charge is 0.492 e. The van der Waals surface area contributed by atoms with Gasteiger partial charge in [0.05, 0.1) is 0 Å². The average Bonchev–Trinajstić information content (AvgIpc) is 3.00. The smallest absolute Gasteiger partial charge is 0.124 e. The summed E-state index contributed by atoms with van der Waals surface area (Å²) in [5, 5.41) is 5.18. The molecule has 2 aromatic rings. The van der Waals surface area contributed by atoms with Crippen molar-refractivity contribution < 1.29 is 4.74 Å². The van der Waals surface area contributed by atoms with Gasteiger partial charge in [0.2, 0.25) is 0 Å². The molecule has 24 heavy (non-hydrogen) atoms. The molecule has 132 valence electrons. The van der Waals surface area contributed by atoms with E-state index in [1.54, 1.807) is 0 Å². The lowest BCUT2D eigenvalue weighted by molar-refractivity contribution is 0.259. The highest BCUT2D eigenvalue weighted by atomic mass is 35.5. The van der Waals surface area contributed by atoms with Gasteiger partial charge in [0.1, 0.15) is 12.4 Å². The molecular formula is C19H28ClN3O. The molecule has 0 aliphatic rings. The van der Waals surface area contributed by atoms with Gasteiger partial charge in [-0.1, -0.05) is 37.9 Å². The van der Waals surface area contributed by atoms with Crippen LogP contribution in [0.25, 0.3) is 0 Å². The van der Waals surface area contributed by atoms with Crippen molar-refractivity contribution in [1.29, 1.82) is 0 Å². The highest BCUT2D eigenvalue weighted by Gasteiger charge is 2.18. The fourth-order valence-electron chi connectivity index (χ4n) is 2.69. The Balaban J connectivity index is 2.22. The third kappa shape index (κ3) is 4.99. The number of unbranched alkanes of at least 4 members (excludes halogenated alkanes) is 1. The van der Waals surface area contributed by atoms with Gasteiger partial charge < -0.3 is 9.64 Å². The molecule has 5 heteroatoms. The zero-order valence-electron chi connectivity index (χ0n) is 15.1. The molecule has 0 spiro atoms. The van der Waals surface area contributed by atoms with Crippen LogP contribution in [0, 0.1) is 0 Å². The molecule has 4 nitrogen and oxygen atoms in total. The van der Waals surface area contributed by atoms with Crippen LogP contribution in [-0.2, 0) is 6.54 Å². The second-order valence-corrected chi connectivity index (χ2v) is 6.82. The summed E-state index contributed by atoms with van der Waals surface area (Å²) in [6, 6.07) is 8.00. The maximum absolute atomic E-state index is 6.18. The summed E-state index contributed by atoms with van der Waals surface area (Å²) in [4.78, 5) is 2.10. The van der Waals surface area contributed by atoms with Crippen LogP contribution in [0.15, 0.2) is 30.5 Å². The number of hydrogen-bond donors (Lipinski definition) is 0. The molecule has 0 fully saturated rings. The van der Waals surface area contributed by atoms with Crippen LogP contribution in [-0.4, -0.2) is 41.9 Å². The predicted molar refractivity (Wildman–Crippen MR) is 100 cm³/mol. The molecule has 0 N–H and O–H groups in total. The third-order valence-corrected chi connectivity index (χ3v) is 4.39. The number of aryl methyl sites for hydroxylation is 1. The van der Waals surface area contributed by atoms with E-state index in [4.69, 9.17) is 16.3 Å². The van der Waals surface area contributed by atoms with Crippen molar-refractivity contribution in [3.8, 4) is 5.75 Å². The van der Waals surface area contributed by atoms with E-state index < -0.39 is 0 Å². The average molecular weight is 350 g/mol. The van der Waals surface area contributed by atoms with Gasteiger partial charge in [0.15, 0.2) is 0 Å². The number of aromatic nitrogens is 2. The van der Waals surface area contributed by atoms with E-state index in [1.807, 2.05) is 32.4 Å². The number of benzene rings is 1. The summed E-state index contributed by atoms with van der Waals surface area (Å²) in [5.41, 5.74) is 2.36. The van der Waals surface area contributed by atoms with Crippen molar-refractivity contribution in [3.05, 3.63) is 46.7 Å². The third-order valence-electron chi connectivity index (χ3n) is 4.15. The van der Waals surface area contributed by atoms with Crippen LogP contribution in [0.2, 0.25) is 5.02 Å². The second-order valence-electron chi connectivity index (χ2n) is 6.39. The number of rotatable bonds is 9. The van der Waals surface area contributed by atoms with Crippen molar-refractivity contribution in [3.63, 3.8) is 0 Å². The van der Waals surface area contributed by atoms with Gasteiger partial charge in [-0.15, -0.1) is 0 Å². The summed E-state index contributed by atoms with van der Waals surface area (Å²) < 4.78 is 8.12. The Morgan fingerprint density at radius 2 is 2.08 bits per heavy atom. The minimum atomic E-state index is 0.205. The molecule has 1 aromatic heterocycles. The SMILES string of the molecule is CCCCn1nccc1C(C)c1ccc(Cl)cc1OCCN(C)C. The van der Waals surface area contributed by atoms with Crippen molar-refractivity contribution in [2.75, 3.05) is 27.2 Å². The van der Waals surface area contributed by atoms with Gasteiger partial charge in [-0.25, -0.2) is 0 Å². The fourth-order valence-corrected chi connectivity index (χ4v) is 2.86. The van der Waals surface area contributed by atoms with E-state index in [-0.39, 0.29) is 5.92 Å². The van der Waals surface area contributed by atoms with Gasteiger partial charge in [-0.3, -0.25) is 4.68 Å². The first-order chi connectivity index (χ1) is 11.5. The quantitative estimate of drug-likeness (QED) is 0.671. The number of ether oxygens (including phenoxy) is 1. The van der Waals surface area contributed by atoms with Gasteiger partial charge in [0, 0.05) is 41.5 Å². The van der Waals surface area contributed by atoms with E-state index in [0.29, 0.717) is 11.6 Å². The predicted octanol–water partition coefficient (Wildman–Crippen LogP) is 4.43. The Kier molecular flexibility index (Phi) is 7.13. The van der Waals surface area contributed by atoms with Crippen LogP contribution in [0.1, 0.15) is 43.9 Å². The molecule has 0 saturated heterocycles. The van der Waals surface area contributed by atoms with Crippen molar-refractivity contribution >= 4 is 11.6 Å². The Morgan fingerprint density at radius 3 is 2.79 bits per heavy atom. The zero-order valence-corrected chi connectivity index (χ0v) is 15.9. The molecule has 1 heterocycles. The Labute approximate surface area is 150 Å². The number of nitrogens with zero attached hydrogens (tertiary/aromatic N) is 3. The molecule has 0 bridgehead atoms. The van der Waals surface area contributed by atoms with E-state index in [9.17, 15) is 0 Å². The summed E-state index contributed by atoms with van der Waals surface area (Å²) in [5.74, 6) is 1.07. The van der Waals surface area contributed by atoms with Crippen molar-refractivity contribution in [2.24, 2.45) is 0 Å². The highest BCUT2D eigenvalue weighted by molar-refractivity contribution is 6.30. The first kappa shape index (κ1) is 18.8. The summed E-state index contributed by atoms with van der Waals surface area (Å²) >= 11 is 6.18. The number of hydrogen-bond acceptors (Lipinski definition) is 3. The lowest BCUT2D eigenvalue weighted by atomic mass is 9.96. The molecule has 0 aliphatic heterocycles. The van der Waals surface area contributed by atoms with Crippen LogP contribution >= 0.6 is 11.6 Å². The van der Waals surface area contributed by atoms with Gasteiger partial charge in [0.25, 0.3) is 0 Å². The maximum atomic E-state index is 6.18. The van der Waals surface area contributed by atoms with Gasteiger partial charge in [-0.05, 0) is 38.7 Å². The molecule has 2 rings (SSSR count). The molecule has 0 radical (unpaired) electrons. The molecule has 1 aromatic carbocycles. The van der Waals surface area contributed by atoms with Crippen LogP contribution in [0.5, 0.6) is 5.75 Å². The topological polar surface area (TPSA) is 30.3 Å². The summed E-state index contributed by atoms with van der Waals surface area (Å²) in [6.07, 6.45) is 4.17. The molecule has 1 atom stereocenters. The van der Waals surface area contributed by atoms with E-state index >= 15 is 0 Å². The summed E-state index contributed by atoms with van der Waals surface area (Å²) in [6.45, 7) is 6.86. The fraction of sp³-hybridized carbons (Fsp3) is 0.526. The minimum Gasteiger partial charge on any atom is -0.492 e. The molecule has 0 saturated carbocycles. The normalized spacial score (nSPS) is 12.6. The standard InChI is InChI=1S/C19H28ClN3O/c1-5-6-11-23-18(9-10-21-23)15(2)17-8-7-16(20)14-19(17)24-13-12-22(3)4/h7-10,14-15H,5-6,11-13H2,1-4H3. The highest BCUT2D eigenvalue weighted by Crippen LogP contribution is 2.33. The number of halogens is 1. The molecule has 0 amide bonds.